The van der Waals surface area contributed by atoms with Crippen molar-refractivity contribution in [1.82, 2.24) is 4.90 Å². The van der Waals surface area contributed by atoms with Crippen LogP contribution in [0.5, 0.6) is 0 Å². The van der Waals surface area contributed by atoms with E-state index < -0.39 is 6.08 Å². The quantitative estimate of drug-likeness (QED) is 0.665. The molecular formula is C11H21F2N. The predicted octanol–water partition coefficient (Wildman–Crippen LogP) is 3.67. The Balaban J connectivity index is 0.000000791. The monoisotopic (exact) mass is 205 g/mol. The molecule has 1 aliphatic rings. The normalized spacial score (nSPS) is 21.9. The van der Waals surface area contributed by atoms with E-state index in [4.69, 9.17) is 0 Å². The molecule has 14 heavy (non-hydrogen) atoms. The first-order valence-corrected chi connectivity index (χ1v) is 5.41. The van der Waals surface area contributed by atoms with Crippen molar-refractivity contribution < 1.29 is 8.78 Å². The number of rotatable bonds is 2. The van der Waals surface area contributed by atoms with E-state index in [1.807, 2.05) is 32.7 Å². The predicted molar refractivity (Wildman–Crippen MR) is 56.5 cm³/mol. The van der Waals surface area contributed by atoms with Crippen LogP contribution < -0.4 is 0 Å². The fourth-order valence-corrected chi connectivity index (χ4v) is 1.77. The van der Waals surface area contributed by atoms with Crippen LogP contribution in [0.2, 0.25) is 0 Å². The van der Waals surface area contributed by atoms with Crippen LogP contribution in [0.3, 0.4) is 0 Å². The van der Waals surface area contributed by atoms with Gasteiger partial charge in [-0.25, -0.2) is 0 Å². The zero-order chi connectivity index (χ0) is 11.1. The molecule has 0 saturated carbocycles. The zero-order valence-corrected chi connectivity index (χ0v) is 9.61. The van der Waals surface area contributed by atoms with Gasteiger partial charge in [0.15, 0.2) is 0 Å². The highest BCUT2D eigenvalue weighted by molar-refractivity contribution is 5.16. The molecule has 0 aromatic carbocycles. The zero-order valence-electron chi connectivity index (χ0n) is 9.61. The number of hydrogen-bond donors (Lipinski definition) is 0. The van der Waals surface area contributed by atoms with Gasteiger partial charge in [-0.15, -0.1) is 0 Å². The van der Waals surface area contributed by atoms with Gasteiger partial charge in [-0.05, 0) is 19.9 Å². The highest BCUT2D eigenvalue weighted by Crippen LogP contribution is 2.29. The van der Waals surface area contributed by atoms with Crippen molar-refractivity contribution in [2.75, 3.05) is 13.6 Å². The maximum absolute atomic E-state index is 12.3. The summed E-state index contributed by atoms with van der Waals surface area (Å²) in [6.07, 6.45) is 0.899. The maximum Gasteiger partial charge on any atom is 0.271 e. The van der Waals surface area contributed by atoms with Crippen molar-refractivity contribution in [1.29, 1.82) is 0 Å². The lowest BCUT2D eigenvalue weighted by molar-refractivity contribution is 0.304. The lowest BCUT2D eigenvalue weighted by Crippen LogP contribution is -2.25. The molecule has 1 nitrogen and oxygen atoms in total. The van der Waals surface area contributed by atoms with Gasteiger partial charge in [-0.2, -0.15) is 8.78 Å². The Morgan fingerprint density at radius 1 is 1.43 bits per heavy atom. The Kier molecular flexibility index (Phi) is 6.71. The van der Waals surface area contributed by atoms with Crippen LogP contribution in [0.4, 0.5) is 8.78 Å². The fraction of sp³-hybridized carbons (Fsp3) is 0.818. The summed E-state index contributed by atoms with van der Waals surface area (Å²) in [4.78, 5) is 2.01. The van der Waals surface area contributed by atoms with Crippen molar-refractivity contribution in [3.8, 4) is 0 Å². The van der Waals surface area contributed by atoms with E-state index in [0.29, 0.717) is 12.0 Å². The molecule has 84 valence electrons. The van der Waals surface area contributed by atoms with E-state index in [2.05, 4.69) is 0 Å². The minimum atomic E-state index is -1.46. The Morgan fingerprint density at radius 3 is 2.43 bits per heavy atom. The Labute approximate surface area is 85.8 Å². The van der Waals surface area contributed by atoms with Crippen LogP contribution in [0.1, 0.15) is 40.0 Å². The average molecular weight is 205 g/mol. The SMILES string of the molecule is CC.CCCC1C(=C(F)F)CCN1C. The number of nitrogens with zero attached hydrogens (tertiary/aromatic N) is 1. The molecular weight excluding hydrogens is 184 g/mol. The van der Waals surface area contributed by atoms with E-state index in [1.54, 1.807) is 0 Å². The minimum absolute atomic E-state index is 0.000000000000000666. The van der Waals surface area contributed by atoms with Crippen molar-refractivity contribution >= 4 is 0 Å². The highest BCUT2D eigenvalue weighted by Gasteiger charge is 2.28. The molecule has 0 bridgehead atoms. The molecule has 0 spiro atoms. The second kappa shape index (κ2) is 6.93. The Bertz CT molecular complexity index is 186. The second-order valence-electron chi connectivity index (χ2n) is 3.32. The standard InChI is InChI=1S/C9H15F2N.C2H6/c1-3-4-8-7(9(10)11)5-6-12(8)2;1-2/h8H,3-6H2,1-2H3;1-2H3. The van der Waals surface area contributed by atoms with E-state index in [1.165, 1.54) is 0 Å². The summed E-state index contributed by atoms with van der Waals surface area (Å²) in [7, 11) is 1.91. The number of halogens is 2. The van der Waals surface area contributed by atoms with Gasteiger partial charge >= 0.3 is 0 Å². The van der Waals surface area contributed by atoms with Crippen LogP contribution in [-0.2, 0) is 0 Å². The third-order valence-electron chi connectivity index (χ3n) is 2.47. The second-order valence-corrected chi connectivity index (χ2v) is 3.32. The van der Waals surface area contributed by atoms with Crippen LogP contribution in [0.15, 0.2) is 11.7 Å². The number of likely N-dealkylation sites (N-methyl/N-ethyl adjacent to an activating group) is 1. The molecule has 0 radical (unpaired) electrons. The molecule has 0 amide bonds. The first-order valence-electron chi connectivity index (χ1n) is 5.41. The van der Waals surface area contributed by atoms with E-state index in [-0.39, 0.29) is 6.04 Å². The van der Waals surface area contributed by atoms with Crippen molar-refractivity contribution in [3.63, 3.8) is 0 Å². The fourth-order valence-electron chi connectivity index (χ4n) is 1.77. The molecule has 1 unspecified atom stereocenters. The molecule has 1 atom stereocenters. The third-order valence-corrected chi connectivity index (χ3v) is 2.47. The first kappa shape index (κ1) is 13.6. The molecule has 1 saturated heterocycles. The maximum atomic E-state index is 12.3. The van der Waals surface area contributed by atoms with E-state index in [9.17, 15) is 8.78 Å². The minimum Gasteiger partial charge on any atom is -0.299 e. The Hall–Kier alpha value is -0.440. The van der Waals surface area contributed by atoms with Crippen LogP contribution >= 0.6 is 0 Å². The summed E-state index contributed by atoms with van der Waals surface area (Å²) in [5.74, 6) is 0. The van der Waals surface area contributed by atoms with Gasteiger partial charge in [0, 0.05) is 18.2 Å². The molecule has 0 aromatic rings. The number of likely N-dealkylation sites (tertiary alicyclic amines) is 1. The molecule has 0 N–H and O–H groups in total. The first-order chi connectivity index (χ1) is 6.66. The molecule has 3 heteroatoms. The highest BCUT2D eigenvalue weighted by atomic mass is 19.3. The van der Waals surface area contributed by atoms with Gasteiger partial charge in [-0.1, -0.05) is 27.2 Å². The van der Waals surface area contributed by atoms with E-state index >= 15 is 0 Å². The lowest BCUT2D eigenvalue weighted by atomic mass is 10.1. The van der Waals surface area contributed by atoms with Crippen LogP contribution in [0.25, 0.3) is 0 Å². The van der Waals surface area contributed by atoms with Crippen molar-refractivity contribution in [3.05, 3.63) is 11.7 Å². The van der Waals surface area contributed by atoms with Crippen molar-refractivity contribution in [2.45, 2.75) is 46.1 Å². The summed E-state index contributed by atoms with van der Waals surface area (Å²) in [6.45, 7) is 6.80. The largest absolute Gasteiger partial charge is 0.299 e. The van der Waals surface area contributed by atoms with Crippen LogP contribution in [-0.4, -0.2) is 24.5 Å². The number of hydrogen-bond acceptors (Lipinski definition) is 1. The summed E-state index contributed by atoms with van der Waals surface area (Å²) in [5, 5.41) is 0. The van der Waals surface area contributed by atoms with Gasteiger partial charge in [0.1, 0.15) is 0 Å². The Morgan fingerprint density at radius 2 is 2.00 bits per heavy atom. The molecule has 1 heterocycles. The van der Waals surface area contributed by atoms with E-state index in [0.717, 1.165) is 19.4 Å². The third kappa shape index (κ3) is 3.37. The average Bonchev–Trinajstić information content (AvgIpc) is 2.52. The van der Waals surface area contributed by atoms with Gasteiger partial charge in [0.2, 0.25) is 0 Å². The molecule has 0 aliphatic carbocycles. The smallest absolute Gasteiger partial charge is 0.271 e. The summed E-state index contributed by atoms with van der Waals surface area (Å²) in [5.41, 5.74) is 0.361. The van der Waals surface area contributed by atoms with Gasteiger partial charge in [-0.3, -0.25) is 4.90 Å². The van der Waals surface area contributed by atoms with Gasteiger partial charge < -0.3 is 0 Å². The molecule has 1 rings (SSSR count). The topological polar surface area (TPSA) is 3.24 Å². The van der Waals surface area contributed by atoms with Crippen LogP contribution in [0, 0.1) is 0 Å². The molecule has 0 aromatic heterocycles. The lowest BCUT2D eigenvalue weighted by Gasteiger charge is -2.18. The summed E-state index contributed by atoms with van der Waals surface area (Å²) in [6, 6.07) is -0.000000000000000666. The summed E-state index contributed by atoms with van der Waals surface area (Å²) < 4.78 is 24.7. The van der Waals surface area contributed by atoms with Crippen molar-refractivity contribution in [2.24, 2.45) is 0 Å². The summed E-state index contributed by atoms with van der Waals surface area (Å²) >= 11 is 0. The molecule has 1 aliphatic heterocycles. The molecule has 1 fully saturated rings. The van der Waals surface area contributed by atoms with Gasteiger partial charge in [0.25, 0.3) is 6.08 Å². The van der Waals surface area contributed by atoms with Gasteiger partial charge in [0.05, 0.1) is 0 Å².